The molecule has 0 radical (unpaired) electrons. The number of rotatable bonds is 4. The van der Waals surface area contributed by atoms with Gasteiger partial charge in [0, 0.05) is 12.3 Å². The second-order valence-electron chi connectivity index (χ2n) is 5.19. The summed E-state index contributed by atoms with van der Waals surface area (Å²) < 4.78 is 5.51. The van der Waals surface area contributed by atoms with E-state index in [4.69, 9.17) is 10.5 Å². The topological polar surface area (TPSA) is 110 Å². The van der Waals surface area contributed by atoms with Gasteiger partial charge in [0.25, 0.3) is 5.56 Å². The highest BCUT2D eigenvalue weighted by atomic mass is 16.5. The van der Waals surface area contributed by atoms with E-state index in [0.717, 1.165) is 5.56 Å². The average molecular weight is 312 g/mol. The summed E-state index contributed by atoms with van der Waals surface area (Å²) in [5, 5.41) is 2.60. The van der Waals surface area contributed by atoms with Crippen molar-refractivity contribution in [3.63, 3.8) is 0 Å². The highest BCUT2D eigenvalue weighted by molar-refractivity contribution is 5.94. The predicted octanol–water partition coefficient (Wildman–Crippen LogP) is 1.39. The first-order valence-corrected chi connectivity index (χ1v) is 7.11. The van der Waals surface area contributed by atoms with Gasteiger partial charge in [0.1, 0.15) is 18.2 Å². The summed E-state index contributed by atoms with van der Waals surface area (Å²) in [7, 11) is 0. The van der Waals surface area contributed by atoms with Gasteiger partial charge in [-0.25, -0.2) is 0 Å². The van der Waals surface area contributed by atoms with Crippen LogP contribution in [0, 0.1) is 0 Å². The molecule has 1 aliphatic heterocycles. The third-order valence-electron chi connectivity index (χ3n) is 3.60. The van der Waals surface area contributed by atoms with Crippen molar-refractivity contribution in [2.75, 3.05) is 17.7 Å². The van der Waals surface area contributed by atoms with E-state index in [1.54, 1.807) is 6.08 Å². The Bertz CT molecular complexity index is 828. The van der Waals surface area contributed by atoms with Gasteiger partial charge in [0.2, 0.25) is 11.9 Å². The maximum absolute atomic E-state index is 12.3. The second-order valence-corrected chi connectivity index (χ2v) is 5.19. The van der Waals surface area contributed by atoms with Gasteiger partial charge in [0.05, 0.1) is 5.56 Å². The molecule has 1 unspecified atom stereocenters. The van der Waals surface area contributed by atoms with E-state index in [9.17, 15) is 9.59 Å². The van der Waals surface area contributed by atoms with Gasteiger partial charge >= 0.3 is 0 Å². The molecule has 1 aromatic heterocycles. The number of carbonyl (C=O) groups is 1. The highest BCUT2D eigenvalue weighted by Gasteiger charge is 2.30. The van der Waals surface area contributed by atoms with Crippen molar-refractivity contribution in [2.45, 2.75) is 12.3 Å². The first-order chi connectivity index (χ1) is 11.1. The van der Waals surface area contributed by atoms with E-state index >= 15 is 0 Å². The summed E-state index contributed by atoms with van der Waals surface area (Å²) in [5.41, 5.74) is 6.40. The zero-order valence-electron chi connectivity index (χ0n) is 12.3. The number of nitrogens with two attached hydrogens (primary N) is 1. The molecular formula is C16H16N4O3. The highest BCUT2D eigenvalue weighted by Crippen LogP contribution is 2.35. The Hall–Kier alpha value is -3.09. The summed E-state index contributed by atoms with van der Waals surface area (Å²) in [6.45, 7) is 3.98. The van der Waals surface area contributed by atoms with Crippen LogP contribution in [-0.4, -0.2) is 22.5 Å². The second kappa shape index (κ2) is 5.96. The number of nitrogens with one attached hydrogen (secondary N) is 2. The third-order valence-corrected chi connectivity index (χ3v) is 3.60. The van der Waals surface area contributed by atoms with Crippen LogP contribution in [0.4, 0.5) is 11.8 Å². The number of fused-ring (bicyclic) bond motifs is 1. The maximum Gasteiger partial charge on any atom is 0.258 e. The van der Waals surface area contributed by atoms with Crippen LogP contribution in [0.1, 0.15) is 23.5 Å². The first-order valence-electron chi connectivity index (χ1n) is 7.11. The number of benzene rings is 1. The summed E-state index contributed by atoms with van der Waals surface area (Å²) in [4.78, 5) is 30.7. The lowest BCUT2D eigenvalue weighted by atomic mass is 9.87. The van der Waals surface area contributed by atoms with E-state index in [1.807, 2.05) is 24.3 Å². The van der Waals surface area contributed by atoms with Crippen LogP contribution < -0.4 is 21.3 Å². The molecule has 2 aromatic rings. The van der Waals surface area contributed by atoms with Crippen LogP contribution in [0.15, 0.2) is 41.7 Å². The van der Waals surface area contributed by atoms with E-state index in [1.165, 1.54) is 0 Å². The summed E-state index contributed by atoms with van der Waals surface area (Å²) in [6.07, 6.45) is 1.81. The van der Waals surface area contributed by atoms with Crippen molar-refractivity contribution < 1.29 is 9.53 Å². The number of aromatic amines is 1. The van der Waals surface area contributed by atoms with Crippen LogP contribution in [0.3, 0.4) is 0 Å². The molecule has 0 bridgehead atoms. The van der Waals surface area contributed by atoms with Crippen molar-refractivity contribution in [3.8, 4) is 5.75 Å². The van der Waals surface area contributed by atoms with Crippen LogP contribution in [0.5, 0.6) is 5.75 Å². The number of ether oxygens (including phenoxy) is 1. The fourth-order valence-corrected chi connectivity index (χ4v) is 2.65. The monoisotopic (exact) mass is 312 g/mol. The SMILES string of the molecule is C=CCOc1cccc(C2CC(=O)Nc3nc(N)[nH]c(=O)c32)c1. The molecule has 3 rings (SSSR count). The molecule has 23 heavy (non-hydrogen) atoms. The number of aromatic nitrogens is 2. The van der Waals surface area contributed by atoms with Gasteiger partial charge in [-0.1, -0.05) is 24.8 Å². The van der Waals surface area contributed by atoms with Crippen LogP contribution >= 0.6 is 0 Å². The molecule has 0 fully saturated rings. The Balaban J connectivity index is 2.06. The first kappa shape index (κ1) is 14.8. The summed E-state index contributed by atoms with van der Waals surface area (Å²) in [6, 6.07) is 7.29. The molecule has 0 aliphatic carbocycles. The Morgan fingerprint density at radius 2 is 2.26 bits per heavy atom. The van der Waals surface area contributed by atoms with Crippen LogP contribution in [0.2, 0.25) is 0 Å². The van der Waals surface area contributed by atoms with E-state index in [2.05, 4.69) is 21.9 Å². The number of hydrogen-bond acceptors (Lipinski definition) is 5. The number of H-pyrrole nitrogens is 1. The van der Waals surface area contributed by atoms with Crippen molar-refractivity contribution in [1.82, 2.24) is 9.97 Å². The molecule has 1 aliphatic rings. The van der Waals surface area contributed by atoms with Crippen molar-refractivity contribution in [2.24, 2.45) is 0 Å². The maximum atomic E-state index is 12.3. The number of nitrogens with zero attached hydrogens (tertiary/aromatic N) is 1. The molecule has 118 valence electrons. The van der Waals surface area contributed by atoms with Gasteiger partial charge < -0.3 is 15.8 Å². The molecule has 0 spiro atoms. The molecule has 4 N–H and O–H groups in total. The number of amides is 1. The molecule has 1 aromatic carbocycles. The normalized spacial score (nSPS) is 16.3. The van der Waals surface area contributed by atoms with E-state index in [-0.39, 0.29) is 29.7 Å². The fourth-order valence-electron chi connectivity index (χ4n) is 2.65. The smallest absolute Gasteiger partial charge is 0.258 e. The lowest BCUT2D eigenvalue weighted by Gasteiger charge is -2.24. The molecule has 1 atom stereocenters. The van der Waals surface area contributed by atoms with Crippen molar-refractivity contribution in [1.29, 1.82) is 0 Å². The number of nitrogen functional groups attached to an aromatic ring is 1. The lowest BCUT2D eigenvalue weighted by molar-refractivity contribution is -0.116. The fraction of sp³-hybridized carbons (Fsp3) is 0.188. The van der Waals surface area contributed by atoms with Gasteiger partial charge in [-0.3, -0.25) is 14.6 Å². The Labute approximate surface area is 132 Å². The molecule has 0 saturated heterocycles. The minimum absolute atomic E-state index is 0.0298. The Morgan fingerprint density at radius 1 is 1.43 bits per heavy atom. The van der Waals surface area contributed by atoms with E-state index < -0.39 is 5.92 Å². The molecule has 1 amide bonds. The van der Waals surface area contributed by atoms with Crippen LogP contribution in [0.25, 0.3) is 0 Å². The predicted molar refractivity (Wildman–Crippen MR) is 86.5 cm³/mol. The zero-order chi connectivity index (χ0) is 16.4. The molecular weight excluding hydrogens is 296 g/mol. The van der Waals surface area contributed by atoms with Crippen molar-refractivity contribution >= 4 is 17.7 Å². The van der Waals surface area contributed by atoms with Crippen molar-refractivity contribution in [3.05, 3.63) is 58.4 Å². The van der Waals surface area contributed by atoms with Gasteiger partial charge in [0.15, 0.2) is 0 Å². The molecule has 2 heterocycles. The zero-order valence-corrected chi connectivity index (χ0v) is 12.3. The minimum atomic E-state index is -0.400. The lowest BCUT2D eigenvalue weighted by Crippen LogP contribution is -2.31. The minimum Gasteiger partial charge on any atom is -0.490 e. The molecule has 0 saturated carbocycles. The van der Waals surface area contributed by atoms with E-state index in [0.29, 0.717) is 17.9 Å². The van der Waals surface area contributed by atoms with Gasteiger partial charge in [-0.15, -0.1) is 0 Å². The Kier molecular flexibility index (Phi) is 3.84. The number of anilines is 2. The standard InChI is InChI=1S/C16H16N4O3/c1-2-6-23-10-5-3-4-9(7-10)11-8-12(21)18-14-13(11)15(22)20-16(17)19-14/h2-5,7,11H,1,6,8H2,(H4,17,18,19,20,21,22). The summed E-state index contributed by atoms with van der Waals surface area (Å²) in [5.74, 6) is 0.220. The molecule has 7 heteroatoms. The molecule has 7 nitrogen and oxygen atoms in total. The summed E-state index contributed by atoms with van der Waals surface area (Å²) >= 11 is 0. The Morgan fingerprint density at radius 3 is 3.04 bits per heavy atom. The van der Waals surface area contributed by atoms with Gasteiger partial charge in [-0.05, 0) is 17.7 Å². The van der Waals surface area contributed by atoms with Gasteiger partial charge in [-0.2, -0.15) is 4.98 Å². The largest absolute Gasteiger partial charge is 0.490 e. The number of carbonyl (C=O) groups excluding carboxylic acids is 1. The average Bonchev–Trinajstić information content (AvgIpc) is 2.51. The third kappa shape index (κ3) is 2.94. The number of hydrogen-bond donors (Lipinski definition) is 3. The van der Waals surface area contributed by atoms with Crippen LogP contribution in [-0.2, 0) is 4.79 Å². The quantitative estimate of drug-likeness (QED) is 0.739.